The molecule has 0 atom stereocenters. The molecule has 2 heterocycles. The number of hydrogen-bond donors (Lipinski definition) is 0. The maximum absolute atomic E-state index is 5.41. The second-order valence-electron chi connectivity index (χ2n) is 5.62. The van der Waals surface area contributed by atoms with Crippen molar-refractivity contribution in [1.29, 1.82) is 0 Å². The Bertz CT molecular complexity index is 760. The van der Waals surface area contributed by atoms with Gasteiger partial charge in [0.05, 0.1) is 19.0 Å². The smallest absolute Gasteiger partial charge is 0.178 e. The van der Waals surface area contributed by atoms with Gasteiger partial charge in [-0.1, -0.05) is 36.4 Å². The van der Waals surface area contributed by atoms with Crippen LogP contribution in [0.1, 0.15) is 24.1 Å². The van der Waals surface area contributed by atoms with Crippen LogP contribution in [0.3, 0.4) is 0 Å². The normalized spacial score (nSPS) is 10.5. The lowest BCUT2D eigenvalue weighted by Gasteiger charge is -2.09. The van der Waals surface area contributed by atoms with E-state index < -0.39 is 0 Å². The number of benzene rings is 1. The SMILES string of the molecule is COc1cnc(-c2ccccn2)nc1CCCCc1ccccc1. The number of aryl methyl sites for hydroxylation is 2. The number of rotatable bonds is 7. The van der Waals surface area contributed by atoms with Gasteiger partial charge in [-0.2, -0.15) is 0 Å². The summed E-state index contributed by atoms with van der Waals surface area (Å²) in [7, 11) is 1.66. The van der Waals surface area contributed by atoms with Crippen LogP contribution in [0.5, 0.6) is 5.75 Å². The van der Waals surface area contributed by atoms with E-state index in [4.69, 9.17) is 4.74 Å². The predicted octanol–water partition coefficient (Wildman–Crippen LogP) is 4.11. The third-order valence-corrected chi connectivity index (χ3v) is 3.92. The Morgan fingerprint density at radius 3 is 2.42 bits per heavy atom. The molecule has 0 fully saturated rings. The fourth-order valence-electron chi connectivity index (χ4n) is 2.64. The number of ether oxygens (including phenoxy) is 1. The number of methoxy groups -OCH3 is 1. The molecule has 3 rings (SSSR count). The van der Waals surface area contributed by atoms with Crippen LogP contribution in [0.25, 0.3) is 11.5 Å². The van der Waals surface area contributed by atoms with Crippen molar-refractivity contribution in [3.8, 4) is 17.3 Å². The minimum Gasteiger partial charge on any atom is -0.493 e. The van der Waals surface area contributed by atoms with Crippen molar-refractivity contribution in [2.45, 2.75) is 25.7 Å². The van der Waals surface area contributed by atoms with Gasteiger partial charge in [0, 0.05) is 6.20 Å². The maximum atomic E-state index is 5.41. The maximum Gasteiger partial charge on any atom is 0.178 e. The molecule has 0 radical (unpaired) electrons. The molecule has 0 aliphatic heterocycles. The molecule has 0 spiro atoms. The molecule has 0 N–H and O–H groups in total. The number of aromatic nitrogens is 3. The first-order valence-electron chi connectivity index (χ1n) is 8.22. The van der Waals surface area contributed by atoms with Gasteiger partial charge in [-0.15, -0.1) is 0 Å². The molecule has 24 heavy (non-hydrogen) atoms. The molecule has 0 aliphatic rings. The zero-order chi connectivity index (χ0) is 16.6. The highest BCUT2D eigenvalue weighted by Gasteiger charge is 2.09. The van der Waals surface area contributed by atoms with Crippen LogP contribution in [0, 0.1) is 0 Å². The van der Waals surface area contributed by atoms with Crippen LogP contribution in [0.2, 0.25) is 0 Å². The Kier molecular flexibility index (Phi) is 5.51. The summed E-state index contributed by atoms with van der Waals surface area (Å²) in [6, 6.07) is 16.3. The fourth-order valence-corrected chi connectivity index (χ4v) is 2.64. The van der Waals surface area contributed by atoms with E-state index in [9.17, 15) is 0 Å². The van der Waals surface area contributed by atoms with Crippen LogP contribution >= 0.6 is 0 Å². The van der Waals surface area contributed by atoms with E-state index in [1.54, 1.807) is 19.5 Å². The van der Waals surface area contributed by atoms with Gasteiger partial charge in [0.1, 0.15) is 5.69 Å². The van der Waals surface area contributed by atoms with Crippen molar-refractivity contribution in [2.24, 2.45) is 0 Å². The standard InChI is InChI=1S/C20H21N3O/c1-24-19-15-22-20(18-13-7-8-14-21-18)23-17(19)12-6-5-11-16-9-3-2-4-10-16/h2-4,7-10,13-15H,5-6,11-12H2,1H3. The molecule has 0 amide bonds. The van der Waals surface area contributed by atoms with Crippen LogP contribution in [-0.2, 0) is 12.8 Å². The number of nitrogens with zero attached hydrogens (tertiary/aromatic N) is 3. The van der Waals surface area contributed by atoms with Crippen molar-refractivity contribution in [2.75, 3.05) is 7.11 Å². The van der Waals surface area contributed by atoms with Gasteiger partial charge < -0.3 is 4.74 Å². The van der Waals surface area contributed by atoms with Crippen LogP contribution in [0.15, 0.2) is 60.9 Å². The molecule has 0 aliphatic carbocycles. The third-order valence-electron chi connectivity index (χ3n) is 3.92. The van der Waals surface area contributed by atoms with Crippen molar-refractivity contribution >= 4 is 0 Å². The van der Waals surface area contributed by atoms with Gasteiger partial charge >= 0.3 is 0 Å². The second kappa shape index (κ2) is 8.20. The monoisotopic (exact) mass is 319 g/mol. The van der Waals surface area contributed by atoms with Gasteiger partial charge in [-0.3, -0.25) is 4.98 Å². The average Bonchev–Trinajstić information content (AvgIpc) is 2.66. The van der Waals surface area contributed by atoms with Crippen molar-refractivity contribution < 1.29 is 4.74 Å². The lowest BCUT2D eigenvalue weighted by atomic mass is 10.1. The lowest BCUT2D eigenvalue weighted by molar-refractivity contribution is 0.403. The molecule has 0 unspecified atom stereocenters. The number of pyridine rings is 1. The minimum atomic E-state index is 0.648. The highest BCUT2D eigenvalue weighted by Crippen LogP contribution is 2.21. The van der Waals surface area contributed by atoms with Crippen LogP contribution in [0.4, 0.5) is 0 Å². The summed E-state index contributed by atoms with van der Waals surface area (Å²) in [6.45, 7) is 0. The summed E-state index contributed by atoms with van der Waals surface area (Å²) < 4.78 is 5.41. The Hall–Kier alpha value is -2.75. The Balaban J connectivity index is 1.65. The molecular formula is C20H21N3O. The molecular weight excluding hydrogens is 298 g/mol. The van der Waals surface area contributed by atoms with E-state index in [0.29, 0.717) is 5.82 Å². The van der Waals surface area contributed by atoms with E-state index in [1.807, 2.05) is 24.3 Å². The van der Waals surface area contributed by atoms with E-state index in [-0.39, 0.29) is 0 Å². The molecule has 1 aromatic carbocycles. The molecule has 4 heteroatoms. The number of unbranched alkanes of at least 4 members (excludes halogenated alkanes) is 1. The zero-order valence-corrected chi connectivity index (χ0v) is 13.9. The van der Waals surface area contributed by atoms with Gasteiger partial charge in [0.2, 0.25) is 0 Å². The van der Waals surface area contributed by atoms with E-state index in [0.717, 1.165) is 42.8 Å². The largest absolute Gasteiger partial charge is 0.493 e. The van der Waals surface area contributed by atoms with E-state index >= 15 is 0 Å². The Morgan fingerprint density at radius 2 is 1.67 bits per heavy atom. The van der Waals surface area contributed by atoms with Crippen LogP contribution in [-0.4, -0.2) is 22.1 Å². The molecule has 0 saturated carbocycles. The first-order chi connectivity index (χ1) is 11.9. The van der Waals surface area contributed by atoms with Crippen molar-refractivity contribution in [3.63, 3.8) is 0 Å². The molecule has 2 aromatic heterocycles. The lowest BCUT2D eigenvalue weighted by Crippen LogP contribution is -2.01. The summed E-state index contributed by atoms with van der Waals surface area (Å²) in [4.78, 5) is 13.3. The van der Waals surface area contributed by atoms with Crippen molar-refractivity contribution in [3.05, 3.63) is 72.2 Å². The minimum absolute atomic E-state index is 0.648. The molecule has 3 aromatic rings. The summed E-state index contributed by atoms with van der Waals surface area (Å²) in [5.74, 6) is 1.39. The first-order valence-corrected chi connectivity index (χ1v) is 8.22. The summed E-state index contributed by atoms with van der Waals surface area (Å²) in [5, 5.41) is 0. The highest BCUT2D eigenvalue weighted by molar-refractivity contribution is 5.49. The molecule has 0 bridgehead atoms. The average molecular weight is 319 g/mol. The predicted molar refractivity (Wildman–Crippen MR) is 94.9 cm³/mol. The third kappa shape index (κ3) is 4.16. The van der Waals surface area contributed by atoms with Gasteiger partial charge in [0.15, 0.2) is 11.6 Å². The first kappa shape index (κ1) is 16.1. The molecule has 0 saturated heterocycles. The molecule has 122 valence electrons. The van der Waals surface area contributed by atoms with Crippen LogP contribution < -0.4 is 4.74 Å². The van der Waals surface area contributed by atoms with E-state index in [2.05, 4.69) is 39.2 Å². The topological polar surface area (TPSA) is 47.9 Å². The summed E-state index contributed by atoms with van der Waals surface area (Å²) in [6.07, 6.45) is 7.63. The Labute approximate surface area is 142 Å². The van der Waals surface area contributed by atoms with E-state index in [1.165, 1.54) is 5.56 Å². The second-order valence-corrected chi connectivity index (χ2v) is 5.62. The quantitative estimate of drug-likeness (QED) is 0.615. The zero-order valence-electron chi connectivity index (χ0n) is 13.9. The van der Waals surface area contributed by atoms with Gasteiger partial charge in [-0.25, -0.2) is 9.97 Å². The summed E-state index contributed by atoms with van der Waals surface area (Å²) >= 11 is 0. The highest BCUT2D eigenvalue weighted by atomic mass is 16.5. The van der Waals surface area contributed by atoms with Gasteiger partial charge in [-0.05, 0) is 43.4 Å². The molecule has 4 nitrogen and oxygen atoms in total. The van der Waals surface area contributed by atoms with Crippen molar-refractivity contribution in [1.82, 2.24) is 15.0 Å². The fraction of sp³-hybridized carbons (Fsp3) is 0.250. The summed E-state index contributed by atoms with van der Waals surface area (Å²) in [5.41, 5.74) is 3.10. The van der Waals surface area contributed by atoms with Gasteiger partial charge in [0.25, 0.3) is 0 Å². The number of hydrogen-bond acceptors (Lipinski definition) is 4. The Morgan fingerprint density at radius 1 is 0.875 bits per heavy atom.